The molecule has 1 aromatic carbocycles. The normalized spacial score (nSPS) is 10.9. The number of rotatable bonds is 1. The Morgan fingerprint density at radius 1 is 1.17 bits per heavy atom. The van der Waals surface area contributed by atoms with E-state index in [1.165, 1.54) is 0 Å². The molecule has 0 saturated heterocycles. The maximum absolute atomic E-state index is 11.9. The van der Waals surface area contributed by atoms with Gasteiger partial charge in [0.15, 0.2) is 0 Å². The molecular formula is C13H9N3O2. The zero-order valence-electron chi connectivity index (χ0n) is 9.31. The maximum atomic E-state index is 11.9. The van der Waals surface area contributed by atoms with Gasteiger partial charge in [0.25, 0.3) is 11.5 Å². The van der Waals surface area contributed by atoms with Crippen LogP contribution in [0.2, 0.25) is 0 Å². The van der Waals surface area contributed by atoms with Gasteiger partial charge in [-0.15, -0.1) is 0 Å². The average molecular weight is 239 g/mol. The molecule has 0 fully saturated rings. The number of H-pyrrole nitrogens is 1. The third-order valence-corrected chi connectivity index (χ3v) is 2.92. The zero-order valence-corrected chi connectivity index (χ0v) is 9.31. The van der Waals surface area contributed by atoms with Crippen LogP contribution in [0.3, 0.4) is 0 Å². The fourth-order valence-electron chi connectivity index (χ4n) is 2.10. The first-order valence-corrected chi connectivity index (χ1v) is 5.37. The lowest BCUT2D eigenvalue weighted by Crippen LogP contribution is -2.14. The number of benzene rings is 1. The molecule has 1 amide bonds. The van der Waals surface area contributed by atoms with Gasteiger partial charge in [-0.1, -0.05) is 12.1 Å². The highest BCUT2D eigenvalue weighted by molar-refractivity contribution is 6.12. The number of pyridine rings is 2. The van der Waals surface area contributed by atoms with E-state index in [2.05, 4.69) is 9.97 Å². The topological polar surface area (TPSA) is 88.8 Å². The molecule has 18 heavy (non-hydrogen) atoms. The molecule has 0 atom stereocenters. The smallest absolute Gasteiger partial charge is 0.256 e. The predicted molar refractivity (Wildman–Crippen MR) is 68.4 cm³/mol. The van der Waals surface area contributed by atoms with Crippen molar-refractivity contribution >= 4 is 27.6 Å². The van der Waals surface area contributed by atoms with Gasteiger partial charge in [-0.3, -0.25) is 14.6 Å². The third kappa shape index (κ3) is 1.37. The van der Waals surface area contributed by atoms with Crippen molar-refractivity contribution in [1.29, 1.82) is 0 Å². The average Bonchev–Trinajstić information content (AvgIpc) is 2.38. The van der Waals surface area contributed by atoms with Gasteiger partial charge in [-0.05, 0) is 12.1 Å². The number of nitrogens with zero attached hydrogens (tertiary/aromatic N) is 1. The molecule has 3 rings (SSSR count). The third-order valence-electron chi connectivity index (χ3n) is 2.92. The SMILES string of the molecule is NC(=O)c1cccc2c1[nH]c(=O)c1ccncc12. The van der Waals surface area contributed by atoms with Crippen molar-refractivity contribution in [3.05, 3.63) is 52.6 Å². The second-order valence-corrected chi connectivity index (χ2v) is 3.97. The van der Waals surface area contributed by atoms with Crippen LogP contribution in [0.5, 0.6) is 0 Å². The molecule has 5 heteroatoms. The van der Waals surface area contributed by atoms with E-state index in [1.807, 2.05) is 6.07 Å². The van der Waals surface area contributed by atoms with Crippen LogP contribution in [0, 0.1) is 0 Å². The summed E-state index contributed by atoms with van der Waals surface area (Å²) in [5.41, 5.74) is 5.80. The van der Waals surface area contributed by atoms with Gasteiger partial charge in [0, 0.05) is 23.2 Å². The summed E-state index contributed by atoms with van der Waals surface area (Å²) >= 11 is 0. The second kappa shape index (κ2) is 3.66. The first-order chi connectivity index (χ1) is 8.68. The van der Waals surface area contributed by atoms with E-state index in [1.54, 1.807) is 30.6 Å². The maximum Gasteiger partial charge on any atom is 0.256 e. The van der Waals surface area contributed by atoms with Gasteiger partial charge in [0.05, 0.1) is 16.5 Å². The molecule has 88 valence electrons. The van der Waals surface area contributed by atoms with Gasteiger partial charge in [-0.25, -0.2) is 0 Å². The number of aromatic nitrogens is 2. The number of hydrogen-bond acceptors (Lipinski definition) is 3. The van der Waals surface area contributed by atoms with Crippen LogP contribution in [0.15, 0.2) is 41.5 Å². The number of carbonyl (C=O) groups is 1. The minimum absolute atomic E-state index is 0.256. The Morgan fingerprint density at radius 2 is 2.00 bits per heavy atom. The predicted octanol–water partition coefficient (Wildman–Crippen LogP) is 1.18. The summed E-state index contributed by atoms with van der Waals surface area (Å²) in [6.45, 7) is 0. The summed E-state index contributed by atoms with van der Waals surface area (Å²) in [6.07, 6.45) is 3.17. The highest BCUT2D eigenvalue weighted by Gasteiger charge is 2.10. The summed E-state index contributed by atoms with van der Waals surface area (Å²) in [4.78, 5) is 30.0. The second-order valence-electron chi connectivity index (χ2n) is 3.97. The van der Waals surface area contributed by atoms with Gasteiger partial charge in [-0.2, -0.15) is 0 Å². The molecule has 0 aliphatic carbocycles. The van der Waals surface area contributed by atoms with Crippen molar-refractivity contribution in [2.75, 3.05) is 0 Å². The molecule has 5 nitrogen and oxygen atoms in total. The van der Waals surface area contributed by atoms with E-state index in [0.717, 1.165) is 5.39 Å². The van der Waals surface area contributed by atoms with Crippen LogP contribution in [0.4, 0.5) is 0 Å². The molecule has 0 aliphatic rings. The van der Waals surface area contributed by atoms with Crippen molar-refractivity contribution in [3.8, 4) is 0 Å². The lowest BCUT2D eigenvalue weighted by molar-refractivity contribution is 0.100. The summed E-state index contributed by atoms with van der Waals surface area (Å²) in [7, 11) is 0. The standard InChI is InChI=1S/C13H9N3O2/c14-12(17)9-3-1-2-7-10-6-15-5-4-8(10)13(18)16-11(7)9/h1-6H,(H2,14,17)(H,16,18). The van der Waals surface area contributed by atoms with Crippen LogP contribution in [0.1, 0.15) is 10.4 Å². The number of carbonyl (C=O) groups excluding carboxylic acids is 1. The number of fused-ring (bicyclic) bond motifs is 3. The first-order valence-electron chi connectivity index (χ1n) is 5.37. The van der Waals surface area contributed by atoms with Gasteiger partial charge >= 0.3 is 0 Å². The van der Waals surface area contributed by atoms with E-state index in [9.17, 15) is 9.59 Å². The van der Waals surface area contributed by atoms with Gasteiger partial charge in [0.1, 0.15) is 0 Å². The van der Waals surface area contributed by atoms with Crippen molar-refractivity contribution in [2.45, 2.75) is 0 Å². The molecule has 3 aromatic rings. The van der Waals surface area contributed by atoms with E-state index in [4.69, 9.17) is 5.73 Å². The number of aromatic amines is 1. The number of amides is 1. The molecule has 3 N–H and O–H groups in total. The Hall–Kier alpha value is -2.69. The Kier molecular flexibility index (Phi) is 2.13. The summed E-state index contributed by atoms with van der Waals surface area (Å²) in [6, 6.07) is 6.78. The summed E-state index contributed by atoms with van der Waals surface area (Å²) < 4.78 is 0. The fraction of sp³-hybridized carbons (Fsp3) is 0. The monoisotopic (exact) mass is 239 g/mol. The lowest BCUT2D eigenvalue weighted by Gasteiger charge is -2.05. The number of hydrogen-bond donors (Lipinski definition) is 2. The number of primary amides is 1. The van der Waals surface area contributed by atoms with Crippen LogP contribution in [-0.2, 0) is 0 Å². The fourth-order valence-corrected chi connectivity index (χ4v) is 2.10. The number of nitrogens with two attached hydrogens (primary N) is 1. The molecule has 0 aliphatic heterocycles. The lowest BCUT2D eigenvalue weighted by atomic mass is 10.0. The van der Waals surface area contributed by atoms with E-state index < -0.39 is 5.91 Å². The minimum atomic E-state index is -0.570. The van der Waals surface area contributed by atoms with Crippen LogP contribution >= 0.6 is 0 Å². The molecule has 2 aromatic heterocycles. The van der Waals surface area contributed by atoms with Crippen molar-refractivity contribution in [2.24, 2.45) is 5.73 Å². The first kappa shape index (κ1) is 10.5. The van der Waals surface area contributed by atoms with Crippen LogP contribution < -0.4 is 11.3 Å². The number of para-hydroxylation sites is 1. The van der Waals surface area contributed by atoms with E-state index >= 15 is 0 Å². The molecule has 0 radical (unpaired) electrons. The highest BCUT2D eigenvalue weighted by Crippen LogP contribution is 2.22. The molecule has 0 bridgehead atoms. The van der Waals surface area contributed by atoms with Crippen molar-refractivity contribution in [3.63, 3.8) is 0 Å². The van der Waals surface area contributed by atoms with Crippen molar-refractivity contribution in [1.82, 2.24) is 9.97 Å². The Balaban J connectivity index is 2.62. The van der Waals surface area contributed by atoms with Gasteiger partial charge in [0.2, 0.25) is 0 Å². The molecule has 0 spiro atoms. The summed E-state index contributed by atoms with van der Waals surface area (Å²) in [5, 5.41) is 2.01. The Labute approximate surface area is 101 Å². The molecule has 0 unspecified atom stereocenters. The minimum Gasteiger partial charge on any atom is -0.366 e. The summed E-state index contributed by atoms with van der Waals surface area (Å²) in [5.74, 6) is -0.570. The largest absolute Gasteiger partial charge is 0.366 e. The number of nitrogens with one attached hydrogen (secondary N) is 1. The van der Waals surface area contributed by atoms with Gasteiger partial charge < -0.3 is 10.7 Å². The molecular weight excluding hydrogens is 230 g/mol. The molecule has 2 heterocycles. The Bertz CT molecular complexity index is 836. The Morgan fingerprint density at radius 3 is 2.78 bits per heavy atom. The zero-order chi connectivity index (χ0) is 12.7. The van der Waals surface area contributed by atoms with E-state index in [-0.39, 0.29) is 5.56 Å². The van der Waals surface area contributed by atoms with Crippen LogP contribution in [0.25, 0.3) is 21.7 Å². The van der Waals surface area contributed by atoms with Crippen LogP contribution in [-0.4, -0.2) is 15.9 Å². The van der Waals surface area contributed by atoms with E-state index in [0.29, 0.717) is 21.9 Å². The highest BCUT2D eigenvalue weighted by atomic mass is 16.1. The quantitative estimate of drug-likeness (QED) is 0.625. The molecule has 0 saturated carbocycles. The van der Waals surface area contributed by atoms with Crippen molar-refractivity contribution < 1.29 is 4.79 Å².